The molecule has 1 unspecified atom stereocenters. The molecule has 2 aliphatic heterocycles. The highest BCUT2D eigenvalue weighted by Gasteiger charge is 2.58. The first kappa shape index (κ1) is 29.3. The summed E-state index contributed by atoms with van der Waals surface area (Å²) in [6.07, 6.45) is -3.42. The summed E-state index contributed by atoms with van der Waals surface area (Å²) in [5.74, 6) is -5.85. The van der Waals surface area contributed by atoms with E-state index in [0.29, 0.717) is 30.5 Å². The lowest BCUT2D eigenvalue weighted by Gasteiger charge is -2.32. The molecule has 1 fully saturated rings. The van der Waals surface area contributed by atoms with Crippen LogP contribution in [0.4, 0.5) is 22.0 Å². The lowest BCUT2D eigenvalue weighted by atomic mass is 9.73. The van der Waals surface area contributed by atoms with Gasteiger partial charge in [-0.1, -0.05) is 73.2 Å². The van der Waals surface area contributed by atoms with Crippen LogP contribution in [0.5, 0.6) is 0 Å². The van der Waals surface area contributed by atoms with Crippen LogP contribution in [0, 0.1) is 0 Å². The van der Waals surface area contributed by atoms with E-state index in [1.54, 1.807) is 24.3 Å². The van der Waals surface area contributed by atoms with Gasteiger partial charge in [0.05, 0.1) is 6.54 Å². The van der Waals surface area contributed by atoms with Crippen molar-refractivity contribution in [3.05, 3.63) is 95.1 Å². The third-order valence-electron chi connectivity index (χ3n) is 9.15. The number of benzene rings is 3. The van der Waals surface area contributed by atoms with Crippen molar-refractivity contribution in [3.63, 3.8) is 0 Å². The van der Waals surface area contributed by atoms with Crippen molar-refractivity contribution in [2.24, 2.45) is 0 Å². The molecule has 43 heavy (non-hydrogen) atoms. The zero-order valence-electron chi connectivity index (χ0n) is 23.5. The summed E-state index contributed by atoms with van der Waals surface area (Å²) >= 11 is 0. The largest absolute Gasteiger partial charge is 0.455 e. The van der Waals surface area contributed by atoms with Crippen molar-refractivity contribution in [3.8, 4) is 11.1 Å². The van der Waals surface area contributed by atoms with Gasteiger partial charge in [-0.3, -0.25) is 9.59 Å². The van der Waals surface area contributed by atoms with Gasteiger partial charge >= 0.3 is 12.1 Å². The van der Waals surface area contributed by atoms with Crippen molar-refractivity contribution in [1.82, 2.24) is 15.1 Å². The predicted octanol–water partition coefficient (Wildman–Crippen LogP) is 6.17. The molecular weight excluding hydrogens is 565 g/mol. The van der Waals surface area contributed by atoms with Crippen LogP contribution in [-0.4, -0.2) is 65.9 Å². The number of fused-ring (bicyclic) bond motifs is 4. The van der Waals surface area contributed by atoms with E-state index < -0.39 is 30.0 Å². The zero-order valence-corrected chi connectivity index (χ0v) is 23.5. The van der Waals surface area contributed by atoms with Gasteiger partial charge in [0.2, 0.25) is 5.91 Å². The molecule has 1 saturated heterocycles. The third-order valence-corrected chi connectivity index (χ3v) is 9.15. The number of hydrogen-bond acceptors (Lipinski definition) is 3. The van der Waals surface area contributed by atoms with E-state index in [0.717, 1.165) is 48.3 Å². The van der Waals surface area contributed by atoms with E-state index in [9.17, 15) is 31.5 Å². The third kappa shape index (κ3) is 5.09. The molecule has 2 amide bonds. The average Bonchev–Trinajstić information content (AvgIpc) is 3.67. The van der Waals surface area contributed by atoms with Gasteiger partial charge in [-0.15, -0.1) is 0 Å². The van der Waals surface area contributed by atoms with Crippen molar-refractivity contribution in [1.29, 1.82) is 0 Å². The monoisotopic (exact) mass is 597 g/mol. The van der Waals surface area contributed by atoms with Crippen LogP contribution in [-0.2, 0) is 16.8 Å². The van der Waals surface area contributed by atoms with Crippen molar-refractivity contribution < 1.29 is 31.5 Å². The number of likely N-dealkylation sites (tertiary alicyclic amines) is 1. The Hall–Kier alpha value is -3.79. The highest BCUT2D eigenvalue weighted by atomic mass is 19.4. The van der Waals surface area contributed by atoms with E-state index >= 15 is 0 Å². The van der Waals surface area contributed by atoms with Gasteiger partial charge in [0, 0.05) is 31.2 Å². The normalized spacial score (nSPS) is 19.3. The van der Waals surface area contributed by atoms with Crippen LogP contribution in [0.1, 0.15) is 52.7 Å². The Labute approximate surface area is 246 Å². The molecule has 1 aliphatic carbocycles. The first-order valence-electron chi connectivity index (χ1n) is 14.6. The number of carbonyl (C=O) groups excluding carboxylic acids is 2. The maximum atomic E-state index is 13.8. The molecule has 0 saturated carbocycles. The summed E-state index contributed by atoms with van der Waals surface area (Å²) in [6.45, 7) is 1.07. The van der Waals surface area contributed by atoms with E-state index in [4.69, 9.17) is 0 Å². The number of alkyl halides is 5. The minimum Gasteiger partial charge on any atom is -0.349 e. The van der Waals surface area contributed by atoms with Crippen molar-refractivity contribution in [2.75, 3.05) is 26.2 Å². The van der Waals surface area contributed by atoms with Crippen molar-refractivity contribution in [2.45, 2.75) is 55.8 Å². The molecule has 3 aliphatic rings. The molecule has 0 spiro atoms. The van der Waals surface area contributed by atoms with E-state index in [-0.39, 0.29) is 18.4 Å². The van der Waals surface area contributed by atoms with Crippen LogP contribution in [0.3, 0.4) is 0 Å². The summed E-state index contributed by atoms with van der Waals surface area (Å²) in [4.78, 5) is 30.9. The molecule has 0 bridgehead atoms. The Morgan fingerprint density at radius 1 is 0.860 bits per heavy atom. The molecule has 3 aromatic rings. The Balaban J connectivity index is 1.15. The SMILES string of the molecule is O=C1c2ccccc2CN1C1CCN(CCCCC2(C(=O)NCC(F)(F)C(F)(F)F)c3ccccc3-c3ccccc32)C1. The molecule has 0 radical (unpaired) electrons. The predicted molar refractivity (Wildman–Crippen MR) is 152 cm³/mol. The fraction of sp³-hybridized carbons (Fsp3) is 0.394. The second-order valence-electron chi connectivity index (χ2n) is 11.7. The Morgan fingerprint density at radius 3 is 2.09 bits per heavy atom. The molecule has 0 aromatic heterocycles. The minimum atomic E-state index is -5.77. The van der Waals surface area contributed by atoms with Crippen LogP contribution in [0.15, 0.2) is 72.8 Å². The number of nitrogens with one attached hydrogen (secondary N) is 1. The lowest BCUT2D eigenvalue weighted by Crippen LogP contribution is -2.52. The summed E-state index contributed by atoms with van der Waals surface area (Å²) in [6, 6.07) is 22.1. The lowest BCUT2D eigenvalue weighted by molar-refractivity contribution is -0.278. The Bertz CT molecular complexity index is 1490. The second kappa shape index (κ2) is 11.0. The van der Waals surface area contributed by atoms with Gasteiger partial charge in [-0.2, -0.15) is 22.0 Å². The first-order chi connectivity index (χ1) is 20.5. The van der Waals surface area contributed by atoms with Gasteiger partial charge in [0.25, 0.3) is 5.91 Å². The van der Waals surface area contributed by atoms with E-state index in [2.05, 4.69) is 4.90 Å². The molecule has 3 aromatic carbocycles. The second-order valence-corrected chi connectivity index (χ2v) is 11.7. The fourth-order valence-corrected chi connectivity index (χ4v) is 6.96. The number of nitrogens with zero attached hydrogens (tertiary/aromatic N) is 2. The molecule has 226 valence electrons. The number of unbranched alkanes of at least 4 members (excludes halogenated alkanes) is 1. The topological polar surface area (TPSA) is 52.7 Å². The first-order valence-corrected chi connectivity index (χ1v) is 14.6. The molecule has 5 nitrogen and oxygen atoms in total. The van der Waals surface area contributed by atoms with Gasteiger partial charge < -0.3 is 15.1 Å². The average molecular weight is 598 g/mol. The molecule has 10 heteroatoms. The maximum absolute atomic E-state index is 13.8. The Morgan fingerprint density at radius 2 is 1.47 bits per heavy atom. The maximum Gasteiger partial charge on any atom is 0.455 e. The van der Waals surface area contributed by atoms with Gasteiger partial charge in [0.15, 0.2) is 0 Å². The van der Waals surface area contributed by atoms with Gasteiger partial charge in [0.1, 0.15) is 5.41 Å². The smallest absolute Gasteiger partial charge is 0.349 e. The highest BCUT2D eigenvalue weighted by molar-refractivity contribution is 6.00. The molecule has 6 rings (SSSR count). The van der Waals surface area contributed by atoms with Crippen LogP contribution < -0.4 is 5.32 Å². The van der Waals surface area contributed by atoms with Gasteiger partial charge in [-0.05, 0) is 59.7 Å². The summed E-state index contributed by atoms with van der Waals surface area (Å²) < 4.78 is 66.5. The van der Waals surface area contributed by atoms with Crippen molar-refractivity contribution >= 4 is 11.8 Å². The fourth-order valence-electron chi connectivity index (χ4n) is 6.96. The van der Waals surface area contributed by atoms with E-state index in [1.807, 2.05) is 58.7 Å². The standard InChI is InChI=1S/C33H32F5N3O2/c34-32(35,33(36,37)38)21-39-30(43)31(27-13-5-3-11-25(27)26-12-4-6-14-28(26)31)16-7-8-17-40-18-15-23(20-40)41-19-22-9-1-2-10-24(22)29(41)42/h1-6,9-14,23H,7-8,15-21H2,(H,39,43). The van der Waals surface area contributed by atoms with Crippen LogP contribution in [0.2, 0.25) is 0 Å². The number of carbonyl (C=O) groups is 2. The molecule has 1 atom stereocenters. The summed E-state index contributed by atoms with van der Waals surface area (Å²) in [7, 11) is 0. The number of amides is 2. The van der Waals surface area contributed by atoms with E-state index in [1.165, 1.54) is 0 Å². The molecule has 2 heterocycles. The zero-order chi connectivity index (χ0) is 30.4. The number of halogens is 5. The summed E-state index contributed by atoms with van der Waals surface area (Å²) in [5, 5.41) is 1.97. The quantitative estimate of drug-likeness (QED) is 0.237. The summed E-state index contributed by atoms with van der Waals surface area (Å²) in [5.41, 5.74) is 3.17. The van der Waals surface area contributed by atoms with Gasteiger partial charge in [-0.25, -0.2) is 0 Å². The Kier molecular flexibility index (Phi) is 7.52. The number of rotatable bonds is 9. The molecule has 1 N–H and O–H groups in total. The highest BCUT2D eigenvalue weighted by Crippen LogP contribution is 2.51. The number of hydrogen-bond donors (Lipinski definition) is 1. The minimum absolute atomic E-state index is 0.0602. The van der Waals surface area contributed by atoms with Crippen LogP contribution >= 0.6 is 0 Å². The van der Waals surface area contributed by atoms with Crippen LogP contribution in [0.25, 0.3) is 11.1 Å². The molecular formula is C33H32F5N3O2.